The first-order valence-corrected chi connectivity index (χ1v) is 12.0. The minimum atomic E-state index is -1.48. The van der Waals surface area contributed by atoms with Gasteiger partial charge in [0.2, 0.25) is 5.91 Å². The van der Waals surface area contributed by atoms with Crippen molar-refractivity contribution in [1.29, 1.82) is 0 Å². The molecular formula is C24H21ClFN3O6S. The highest BCUT2D eigenvalue weighted by Gasteiger charge is 2.40. The number of carbonyl (C=O) groups excluding carboxylic acids is 2. The minimum absolute atomic E-state index is 0.0846. The van der Waals surface area contributed by atoms with Gasteiger partial charge >= 0.3 is 12.2 Å². The van der Waals surface area contributed by atoms with Crippen molar-refractivity contribution in [2.45, 2.75) is 18.6 Å². The maximum absolute atomic E-state index is 14.9. The maximum Gasteiger partial charge on any atom is 0.511 e. The van der Waals surface area contributed by atoms with Gasteiger partial charge in [-0.2, -0.15) is 0 Å². The average molecular weight is 534 g/mol. The Kier molecular flexibility index (Phi) is 7.73. The van der Waals surface area contributed by atoms with Gasteiger partial charge in [-0.15, -0.1) is 11.3 Å². The lowest BCUT2D eigenvalue weighted by Crippen LogP contribution is -2.45. The van der Waals surface area contributed by atoms with Crippen LogP contribution in [0.5, 0.6) is 5.75 Å². The first-order chi connectivity index (χ1) is 17.2. The number of amides is 3. The molecule has 12 heteroatoms. The van der Waals surface area contributed by atoms with E-state index in [4.69, 9.17) is 26.2 Å². The summed E-state index contributed by atoms with van der Waals surface area (Å²) < 4.78 is 25.0. The Morgan fingerprint density at radius 2 is 1.89 bits per heavy atom. The standard InChI is InChI=1S/C24H21ClFN3O6S/c1-34-16-9-20(29(10-16)23(31)27-15-5-3-14(25)4-6-15)22(30)28-19-7-2-13(8-18(19)26)17-11-36-12-21(17)35-24(32)33/h2-8,11-12,16,20H,9-10H2,1H3,(H,27,31)(H,28,30)(H,32,33). The predicted octanol–water partition coefficient (Wildman–Crippen LogP) is 5.52. The summed E-state index contributed by atoms with van der Waals surface area (Å²) in [5, 5.41) is 17.8. The van der Waals surface area contributed by atoms with Gasteiger partial charge < -0.3 is 30.1 Å². The third-order valence-corrected chi connectivity index (χ3v) is 6.59. The molecule has 1 aliphatic rings. The zero-order valence-electron chi connectivity index (χ0n) is 18.9. The highest BCUT2D eigenvalue weighted by atomic mass is 35.5. The topological polar surface area (TPSA) is 117 Å². The molecule has 1 aliphatic heterocycles. The van der Waals surface area contributed by atoms with E-state index in [1.807, 2.05) is 0 Å². The van der Waals surface area contributed by atoms with Crippen molar-refractivity contribution < 1.29 is 33.4 Å². The van der Waals surface area contributed by atoms with E-state index in [9.17, 15) is 18.8 Å². The van der Waals surface area contributed by atoms with Gasteiger partial charge in [-0.3, -0.25) is 4.79 Å². The van der Waals surface area contributed by atoms with Gasteiger partial charge in [-0.1, -0.05) is 17.7 Å². The van der Waals surface area contributed by atoms with Gasteiger partial charge in [0, 0.05) is 47.1 Å². The highest BCUT2D eigenvalue weighted by molar-refractivity contribution is 7.08. The zero-order chi connectivity index (χ0) is 25.8. The van der Waals surface area contributed by atoms with Crippen molar-refractivity contribution in [2.24, 2.45) is 0 Å². The van der Waals surface area contributed by atoms with E-state index in [0.29, 0.717) is 21.8 Å². The summed E-state index contributed by atoms with van der Waals surface area (Å²) in [6, 6.07) is 9.20. The molecule has 9 nitrogen and oxygen atoms in total. The summed E-state index contributed by atoms with van der Waals surface area (Å²) in [6.07, 6.45) is -1.61. The lowest BCUT2D eigenvalue weighted by molar-refractivity contribution is -0.119. The van der Waals surface area contributed by atoms with Gasteiger partial charge in [-0.05, 0) is 42.0 Å². The number of likely N-dealkylation sites (tertiary alicyclic amines) is 1. The van der Waals surface area contributed by atoms with Crippen molar-refractivity contribution in [2.75, 3.05) is 24.3 Å². The molecule has 1 fully saturated rings. The molecule has 36 heavy (non-hydrogen) atoms. The molecule has 1 saturated heterocycles. The molecule has 3 N–H and O–H groups in total. The quantitative estimate of drug-likeness (QED) is 0.359. The predicted molar refractivity (Wildman–Crippen MR) is 133 cm³/mol. The third kappa shape index (κ3) is 5.76. The number of carboxylic acid groups (broad SMARTS) is 1. The van der Waals surface area contributed by atoms with E-state index in [-0.39, 0.29) is 30.5 Å². The summed E-state index contributed by atoms with van der Waals surface area (Å²) in [5.41, 5.74) is 1.21. The molecule has 0 aliphatic carbocycles. The fourth-order valence-electron chi connectivity index (χ4n) is 3.84. The van der Waals surface area contributed by atoms with Crippen LogP contribution in [0.2, 0.25) is 5.02 Å². The highest BCUT2D eigenvalue weighted by Crippen LogP contribution is 2.35. The van der Waals surface area contributed by atoms with E-state index < -0.39 is 30.0 Å². The third-order valence-electron chi connectivity index (χ3n) is 5.62. The molecule has 188 valence electrons. The molecule has 2 atom stereocenters. The number of thiophene rings is 1. The summed E-state index contributed by atoms with van der Waals surface area (Å²) in [5.74, 6) is -1.22. The maximum atomic E-state index is 14.9. The Hall–Kier alpha value is -3.67. The SMILES string of the molecule is COC1CC(C(=O)Nc2ccc(-c3cscc3OC(=O)O)cc2F)N(C(=O)Nc2ccc(Cl)cc2)C1. The molecule has 2 heterocycles. The van der Waals surface area contributed by atoms with Crippen LogP contribution in [0.3, 0.4) is 0 Å². The summed E-state index contributed by atoms with van der Waals surface area (Å²) in [4.78, 5) is 38.2. The number of ether oxygens (including phenoxy) is 2. The molecule has 2 unspecified atom stereocenters. The Morgan fingerprint density at radius 3 is 2.56 bits per heavy atom. The smallest absolute Gasteiger partial charge is 0.449 e. The van der Waals surface area contributed by atoms with Crippen molar-refractivity contribution in [3.8, 4) is 16.9 Å². The second kappa shape index (κ2) is 10.9. The Morgan fingerprint density at radius 1 is 1.14 bits per heavy atom. The summed E-state index contributed by atoms with van der Waals surface area (Å²) in [6.45, 7) is 0.180. The number of carbonyl (C=O) groups is 3. The van der Waals surface area contributed by atoms with Gasteiger partial charge in [0.05, 0.1) is 11.8 Å². The Bertz CT molecular complexity index is 1290. The van der Waals surface area contributed by atoms with Crippen molar-refractivity contribution in [3.63, 3.8) is 0 Å². The number of urea groups is 1. The van der Waals surface area contributed by atoms with Gasteiger partial charge in [0.25, 0.3) is 0 Å². The molecular weight excluding hydrogens is 513 g/mol. The van der Waals surface area contributed by atoms with Gasteiger partial charge in [0.15, 0.2) is 5.75 Å². The van der Waals surface area contributed by atoms with E-state index in [1.54, 1.807) is 29.6 Å². The number of hydrogen-bond donors (Lipinski definition) is 3. The number of nitrogens with one attached hydrogen (secondary N) is 2. The van der Waals surface area contributed by atoms with Crippen LogP contribution in [0.25, 0.3) is 11.1 Å². The number of hydrogen-bond acceptors (Lipinski definition) is 6. The second-order valence-electron chi connectivity index (χ2n) is 7.90. The van der Waals surface area contributed by atoms with Crippen LogP contribution >= 0.6 is 22.9 Å². The first-order valence-electron chi connectivity index (χ1n) is 10.7. The molecule has 1 aromatic heterocycles. The molecule has 4 rings (SSSR count). The molecule has 0 saturated carbocycles. The number of anilines is 2. The van der Waals surface area contributed by atoms with Crippen molar-refractivity contribution in [1.82, 2.24) is 4.90 Å². The van der Waals surface area contributed by atoms with Crippen LogP contribution in [-0.4, -0.2) is 53.9 Å². The second-order valence-corrected chi connectivity index (χ2v) is 9.08. The number of methoxy groups -OCH3 is 1. The van der Waals surface area contributed by atoms with Crippen LogP contribution in [0.1, 0.15) is 6.42 Å². The van der Waals surface area contributed by atoms with Gasteiger partial charge in [-0.25, -0.2) is 14.0 Å². The summed E-state index contributed by atoms with van der Waals surface area (Å²) in [7, 11) is 1.49. The fraction of sp³-hybridized carbons (Fsp3) is 0.208. The molecule has 0 radical (unpaired) electrons. The van der Waals surface area contributed by atoms with Crippen LogP contribution in [0.4, 0.5) is 25.4 Å². The lowest BCUT2D eigenvalue weighted by Gasteiger charge is -2.24. The summed E-state index contributed by atoms with van der Waals surface area (Å²) >= 11 is 7.09. The van der Waals surface area contributed by atoms with Crippen LogP contribution in [-0.2, 0) is 9.53 Å². The molecule has 2 aromatic carbocycles. The lowest BCUT2D eigenvalue weighted by atomic mass is 10.1. The Labute approximate surface area is 214 Å². The first kappa shape index (κ1) is 25.4. The van der Waals surface area contributed by atoms with Crippen LogP contribution in [0.15, 0.2) is 53.2 Å². The fourth-order valence-corrected chi connectivity index (χ4v) is 4.72. The van der Waals surface area contributed by atoms with Crippen LogP contribution in [0, 0.1) is 5.82 Å². The number of rotatable bonds is 6. The number of halogens is 2. The number of nitrogens with zero attached hydrogens (tertiary/aromatic N) is 1. The van der Waals surface area contributed by atoms with Crippen LogP contribution < -0.4 is 15.4 Å². The zero-order valence-corrected chi connectivity index (χ0v) is 20.4. The normalized spacial score (nSPS) is 17.0. The largest absolute Gasteiger partial charge is 0.511 e. The minimum Gasteiger partial charge on any atom is -0.449 e. The van der Waals surface area contributed by atoms with E-state index in [0.717, 1.165) is 0 Å². The van der Waals surface area contributed by atoms with E-state index in [1.165, 1.54) is 46.9 Å². The monoisotopic (exact) mass is 533 g/mol. The molecule has 0 spiro atoms. The molecule has 3 amide bonds. The average Bonchev–Trinajstić information content (AvgIpc) is 3.48. The Balaban J connectivity index is 1.48. The van der Waals surface area contributed by atoms with Gasteiger partial charge in [0.1, 0.15) is 11.9 Å². The van der Waals surface area contributed by atoms with Crippen molar-refractivity contribution in [3.05, 3.63) is 64.1 Å². The van der Waals surface area contributed by atoms with E-state index in [2.05, 4.69) is 10.6 Å². The molecule has 0 bridgehead atoms. The molecule has 3 aromatic rings. The number of benzene rings is 2. The van der Waals surface area contributed by atoms with Crippen molar-refractivity contribution >= 4 is 52.4 Å². The van der Waals surface area contributed by atoms with E-state index >= 15 is 0 Å².